The molecule has 18 heavy (non-hydrogen) atoms. The van der Waals surface area contributed by atoms with Crippen LogP contribution in [0.3, 0.4) is 0 Å². The predicted molar refractivity (Wildman–Crippen MR) is 71.2 cm³/mol. The van der Waals surface area contributed by atoms with Crippen molar-refractivity contribution in [2.45, 2.75) is 6.54 Å². The third kappa shape index (κ3) is 3.27. The number of rotatable bonds is 4. The number of benzene rings is 1. The van der Waals surface area contributed by atoms with Gasteiger partial charge in [0.15, 0.2) is 0 Å². The standard InChI is InChI=1S/C13H12BrFN2O/c1-16-6-9-4-11(8-17-7-9)18-13-3-2-10(15)5-12(13)14/h2-5,7-8,16H,6H2,1H3. The van der Waals surface area contributed by atoms with Crippen LogP contribution in [-0.4, -0.2) is 12.0 Å². The molecule has 2 aromatic rings. The summed E-state index contributed by atoms with van der Waals surface area (Å²) >= 11 is 3.26. The molecule has 1 N–H and O–H groups in total. The van der Waals surface area contributed by atoms with Gasteiger partial charge < -0.3 is 10.1 Å². The molecular formula is C13H12BrFN2O. The Balaban J connectivity index is 2.20. The van der Waals surface area contributed by atoms with Crippen LogP contribution >= 0.6 is 15.9 Å². The highest BCUT2D eigenvalue weighted by Gasteiger charge is 2.05. The van der Waals surface area contributed by atoms with Gasteiger partial charge in [0, 0.05) is 12.7 Å². The van der Waals surface area contributed by atoms with Crippen LogP contribution in [0, 0.1) is 5.82 Å². The highest BCUT2D eigenvalue weighted by Crippen LogP contribution is 2.30. The zero-order chi connectivity index (χ0) is 13.0. The molecule has 2 rings (SSSR count). The van der Waals surface area contributed by atoms with E-state index in [1.54, 1.807) is 18.5 Å². The van der Waals surface area contributed by atoms with Gasteiger partial charge in [-0.3, -0.25) is 4.98 Å². The van der Waals surface area contributed by atoms with E-state index in [0.29, 0.717) is 16.0 Å². The SMILES string of the molecule is CNCc1cncc(Oc2ccc(F)cc2Br)c1. The molecular weight excluding hydrogens is 299 g/mol. The molecule has 0 radical (unpaired) electrons. The minimum atomic E-state index is -0.309. The van der Waals surface area contributed by atoms with E-state index >= 15 is 0 Å². The first-order valence-corrected chi connectivity index (χ1v) is 6.20. The van der Waals surface area contributed by atoms with Crippen molar-refractivity contribution in [3.8, 4) is 11.5 Å². The van der Waals surface area contributed by atoms with E-state index in [9.17, 15) is 4.39 Å². The Bertz CT molecular complexity index is 548. The van der Waals surface area contributed by atoms with Crippen LogP contribution < -0.4 is 10.1 Å². The number of hydrogen-bond acceptors (Lipinski definition) is 3. The molecule has 1 aromatic carbocycles. The summed E-state index contributed by atoms with van der Waals surface area (Å²) in [6, 6.07) is 6.18. The summed E-state index contributed by atoms with van der Waals surface area (Å²) in [7, 11) is 1.87. The summed E-state index contributed by atoms with van der Waals surface area (Å²) < 4.78 is 19.2. The highest BCUT2D eigenvalue weighted by molar-refractivity contribution is 9.10. The third-order valence-corrected chi connectivity index (χ3v) is 2.89. The van der Waals surface area contributed by atoms with Crippen molar-refractivity contribution in [2.75, 3.05) is 7.05 Å². The first-order chi connectivity index (χ1) is 8.69. The summed E-state index contributed by atoms with van der Waals surface area (Å²) in [6.45, 7) is 0.717. The van der Waals surface area contributed by atoms with Gasteiger partial charge in [-0.2, -0.15) is 0 Å². The van der Waals surface area contributed by atoms with E-state index in [1.165, 1.54) is 12.1 Å². The molecule has 0 aliphatic heterocycles. The second-order valence-corrected chi connectivity index (χ2v) is 4.59. The van der Waals surface area contributed by atoms with Crippen LogP contribution in [0.15, 0.2) is 41.1 Å². The van der Waals surface area contributed by atoms with E-state index in [1.807, 2.05) is 13.1 Å². The maximum Gasteiger partial charge on any atom is 0.146 e. The van der Waals surface area contributed by atoms with Crippen LogP contribution in [0.2, 0.25) is 0 Å². The number of hydrogen-bond donors (Lipinski definition) is 1. The maximum atomic E-state index is 12.9. The molecule has 5 heteroatoms. The molecule has 1 heterocycles. The number of halogens is 2. The summed E-state index contributed by atoms with van der Waals surface area (Å²) in [5, 5.41) is 3.04. The first kappa shape index (κ1) is 13.0. The molecule has 0 fully saturated rings. The Morgan fingerprint density at radius 1 is 1.33 bits per heavy atom. The molecule has 0 bridgehead atoms. The third-order valence-electron chi connectivity index (χ3n) is 2.27. The fourth-order valence-electron chi connectivity index (χ4n) is 1.51. The monoisotopic (exact) mass is 310 g/mol. The van der Waals surface area contributed by atoms with E-state index in [-0.39, 0.29) is 5.82 Å². The maximum absolute atomic E-state index is 12.9. The van der Waals surface area contributed by atoms with Gasteiger partial charge in [0.25, 0.3) is 0 Å². The van der Waals surface area contributed by atoms with Crippen LogP contribution in [0.1, 0.15) is 5.56 Å². The minimum absolute atomic E-state index is 0.309. The van der Waals surface area contributed by atoms with Gasteiger partial charge >= 0.3 is 0 Å². The second kappa shape index (κ2) is 5.93. The van der Waals surface area contributed by atoms with Crippen molar-refractivity contribution in [3.05, 3.63) is 52.5 Å². The Labute approximate surface area is 113 Å². The lowest BCUT2D eigenvalue weighted by Crippen LogP contribution is -2.05. The Kier molecular flexibility index (Phi) is 4.28. The molecule has 0 saturated carbocycles. The van der Waals surface area contributed by atoms with Crippen molar-refractivity contribution < 1.29 is 9.13 Å². The molecule has 0 amide bonds. The Morgan fingerprint density at radius 3 is 2.89 bits per heavy atom. The first-order valence-electron chi connectivity index (χ1n) is 5.40. The van der Waals surface area contributed by atoms with Crippen LogP contribution in [0.5, 0.6) is 11.5 Å². The number of nitrogens with one attached hydrogen (secondary N) is 1. The van der Waals surface area contributed by atoms with E-state index in [4.69, 9.17) is 4.74 Å². The fourth-order valence-corrected chi connectivity index (χ4v) is 1.94. The number of ether oxygens (including phenoxy) is 1. The smallest absolute Gasteiger partial charge is 0.146 e. The topological polar surface area (TPSA) is 34.2 Å². The Morgan fingerprint density at radius 2 is 2.17 bits per heavy atom. The number of aromatic nitrogens is 1. The van der Waals surface area contributed by atoms with E-state index < -0.39 is 0 Å². The van der Waals surface area contributed by atoms with E-state index in [0.717, 1.165) is 12.1 Å². The van der Waals surface area contributed by atoms with E-state index in [2.05, 4.69) is 26.2 Å². The van der Waals surface area contributed by atoms with Gasteiger partial charge in [0.1, 0.15) is 17.3 Å². The molecule has 0 aliphatic carbocycles. The molecule has 0 aliphatic rings. The Hall–Kier alpha value is -1.46. The van der Waals surface area contributed by atoms with Gasteiger partial charge in [0.05, 0.1) is 10.7 Å². The number of pyridine rings is 1. The van der Waals surface area contributed by atoms with Crippen molar-refractivity contribution in [1.29, 1.82) is 0 Å². The quantitative estimate of drug-likeness (QED) is 0.938. The van der Waals surface area contributed by atoms with Gasteiger partial charge in [-0.1, -0.05) is 0 Å². The summed E-state index contributed by atoms with van der Waals surface area (Å²) in [6.07, 6.45) is 3.39. The van der Waals surface area contributed by atoms with Crippen molar-refractivity contribution in [2.24, 2.45) is 0 Å². The lowest BCUT2D eigenvalue weighted by Gasteiger charge is -2.08. The summed E-state index contributed by atoms with van der Waals surface area (Å²) in [4.78, 5) is 4.09. The second-order valence-electron chi connectivity index (χ2n) is 3.74. The number of nitrogens with zero attached hydrogens (tertiary/aromatic N) is 1. The molecule has 94 valence electrons. The van der Waals surface area contributed by atoms with Gasteiger partial charge in [-0.05, 0) is 52.8 Å². The molecule has 3 nitrogen and oxygen atoms in total. The van der Waals surface area contributed by atoms with Crippen molar-refractivity contribution in [3.63, 3.8) is 0 Å². The summed E-state index contributed by atoms with van der Waals surface area (Å²) in [5.74, 6) is 0.867. The normalized spacial score (nSPS) is 10.4. The zero-order valence-electron chi connectivity index (χ0n) is 9.78. The van der Waals surface area contributed by atoms with Gasteiger partial charge in [0.2, 0.25) is 0 Å². The molecule has 0 unspecified atom stereocenters. The average Bonchev–Trinajstić information content (AvgIpc) is 2.34. The van der Waals surface area contributed by atoms with Gasteiger partial charge in [-0.25, -0.2) is 4.39 Å². The molecule has 0 spiro atoms. The lowest BCUT2D eigenvalue weighted by atomic mass is 10.3. The van der Waals surface area contributed by atoms with Crippen LogP contribution in [0.4, 0.5) is 4.39 Å². The summed E-state index contributed by atoms with van der Waals surface area (Å²) in [5.41, 5.74) is 1.02. The molecule has 0 atom stereocenters. The van der Waals surface area contributed by atoms with Gasteiger partial charge in [-0.15, -0.1) is 0 Å². The fraction of sp³-hybridized carbons (Fsp3) is 0.154. The van der Waals surface area contributed by atoms with Crippen molar-refractivity contribution in [1.82, 2.24) is 10.3 Å². The predicted octanol–water partition coefficient (Wildman–Crippen LogP) is 3.49. The molecule has 0 saturated heterocycles. The van der Waals surface area contributed by atoms with Crippen LogP contribution in [-0.2, 0) is 6.54 Å². The lowest BCUT2D eigenvalue weighted by molar-refractivity contribution is 0.474. The van der Waals surface area contributed by atoms with Crippen molar-refractivity contribution >= 4 is 15.9 Å². The zero-order valence-corrected chi connectivity index (χ0v) is 11.4. The molecule has 1 aromatic heterocycles. The highest BCUT2D eigenvalue weighted by atomic mass is 79.9. The average molecular weight is 311 g/mol. The van der Waals surface area contributed by atoms with Crippen LogP contribution in [0.25, 0.3) is 0 Å². The largest absolute Gasteiger partial charge is 0.455 e. The minimum Gasteiger partial charge on any atom is -0.455 e.